The molecular weight excluding hydrogens is 279 g/mol. The highest BCUT2D eigenvalue weighted by molar-refractivity contribution is 5.06. The number of nitrogens with zero attached hydrogens (tertiary/aromatic N) is 3. The van der Waals surface area contributed by atoms with Gasteiger partial charge in [0.15, 0.2) is 5.69 Å². The molecule has 1 aromatic rings. The number of alkyl halides is 3. The zero-order chi connectivity index (χ0) is 15.8. The van der Waals surface area contributed by atoms with Crippen LogP contribution in [0, 0.1) is 28.6 Å². The van der Waals surface area contributed by atoms with Crippen LogP contribution in [0.3, 0.4) is 0 Å². The molecule has 0 amide bonds. The third-order valence-corrected chi connectivity index (χ3v) is 4.45. The van der Waals surface area contributed by atoms with Gasteiger partial charge in [-0.15, -0.1) is 0 Å². The minimum absolute atomic E-state index is 0.0820. The molecule has 0 saturated heterocycles. The molecule has 1 fully saturated rings. The molecule has 0 spiro atoms. The fraction of sp³-hybridized carbons (Fsp3) is 0.733. The summed E-state index contributed by atoms with van der Waals surface area (Å²) in [5.74, 6) is 0.107. The molecule has 0 aromatic carbocycles. The van der Waals surface area contributed by atoms with Crippen LogP contribution in [0.5, 0.6) is 0 Å². The number of hydrogen-bond acceptors (Lipinski definition) is 2. The quantitative estimate of drug-likeness (QED) is 0.769. The standard InChI is InChI=1S/C15H20F3N3/c1-14(2,3)11-5-4-10(9-19)12(8-11)21-7-6-13(20-21)15(16,17)18/h6-7,10-12H,4-5,8H2,1-3H3. The second-order valence-electron chi connectivity index (χ2n) is 6.86. The van der Waals surface area contributed by atoms with Gasteiger partial charge in [0.25, 0.3) is 0 Å². The van der Waals surface area contributed by atoms with Gasteiger partial charge in [0.05, 0.1) is 18.0 Å². The van der Waals surface area contributed by atoms with Crippen LogP contribution in [-0.4, -0.2) is 9.78 Å². The topological polar surface area (TPSA) is 41.6 Å². The van der Waals surface area contributed by atoms with Gasteiger partial charge in [-0.1, -0.05) is 20.8 Å². The Kier molecular flexibility index (Phi) is 4.05. The number of nitriles is 1. The number of aromatic nitrogens is 2. The van der Waals surface area contributed by atoms with Crippen molar-refractivity contribution in [1.82, 2.24) is 9.78 Å². The van der Waals surface area contributed by atoms with Gasteiger partial charge in [-0.2, -0.15) is 23.5 Å². The van der Waals surface area contributed by atoms with Gasteiger partial charge < -0.3 is 0 Å². The largest absolute Gasteiger partial charge is 0.435 e. The monoisotopic (exact) mass is 299 g/mol. The first-order chi connectivity index (χ1) is 9.63. The van der Waals surface area contributed by atoms with E-state index in [0.717, 1.165) is 12.5 Å². The molecule has 1 aliphatic carbocycles. The Morgan fingerprint density at radius 2 is 1.95 bits per heavy atom. The van der Waals surface area contributed by atoms with E-state index in [4.69, 9.17) is 0 Å². The predicted molar refractivity (Wildman–Crippen MR) is 72.2 cm³/mol. The lowest BCUT2D eigenvalue weighted by atomic mass is 9.68. The fourth-order valence-corrected chi connectivity index (χ4v) is 3.05. The molecule has 0 N–H and O–H groups in total. The number of halogens is 3. The van der Waals surface area contributed by atoms with Gasteiger partial charge in [-0.05, 0) is 36.7 Å². The van der Waals surface area contributed by atoms with Gasteiger partial charge in [-0.3, -0.25) is 4.68 Å². The van der Waals surface area contributed by atoms with E-state index >= 15 is 0 Å². The van der Waals surface area contributed by atoms with Crippen LogP contribution in [0.4, 0.5) is 13.2 Å². The summed E-state index contributed by atoms with van der Waals surface area (Å²) in [6.45, 7) is 6.39. The first-order valence-corrected chi connectivity index (χ1v) is 7.15. The molecular formula is C15H20F3N3. The summed E-state index contributed by atoms with van der Waals surface area (Å²) in [7, 11) is 0. The molecule has 3 nitrogen and oxygen atoms in total. The van der Waals surface area contributed by atoms with Gasteiger partial charge in [-0.25, -0.2) is 0 Å². The maximum absolute atomic E-state index is 12.7. The van der Waals surface area contributed by atoms with Crippen molar-refractivity contribution >= 4 is 0 Å². The molecule has 116 valence electrons. The fourth-order valence-electron chi connectivity index (χ4n) is 3.05. The Hall–Kier alpha value is -1.51. The lowest BCUT2D eigenvalue weighted by Crippen LogP contribution is -2.33. The van der Waals surface area contributed by atoms with Crippen LogP contribution in [0.15, 0.2) is 12.3 Å². The first-order valence-electron chi connectivity index (χ1n) is 7.15. The number of hydrogen-bond donors (Lipinski definition) is 0. The second-order valence-corrected chi connectivity index (χ2v) is 6.86. The average molecular weight is 299 g/mol. The third-order valence-electron chi connectivity index (χ3n) is 4.45. The van der Waals surface area contributed by atoms with E-state index in [1.165, 1.54) is 10.9 Å². The Labute approximate surface area is 122 Å². The molecule has 6 heteroatoms. The summed E-state index contributed by atoms with van der Waals surface area (Å²) in [5.41, 5.74) is -0.810. The highest BCUT2D eigenvalue weighted by atomic mass is 19.4. The van der Waals surface area contributed by atoms with Crippen molar-refractivity contribution in [3.63, 3.8) is 0 Å². The Morgan fingerprint density at radius 1 is 1.29 bits per heavy atom. The van der Waals surface area contributed by atoms with Gasteiger partial charge in [0.2, 0.25) is 0 Å². The lowest BCUT2D eigenvalue weighted by molar-refractivity contribution is -0.141. The van der Waals surface area contributed by atoms with Crippen molar-refractivity contribution in [2.24, 2.45) is 17.3 Å². The van der Waals surface area contributed by atoms with E-state index in [2.05, 4.69) is 31.9 Å². The summed E-state index contributed by atoms with van der Waals surface area (Å²) in [6, 6.07) is 2.94. The Balaban J connectivity index is 2.26. The van der Waals surface area contributed by atoms with Crippen molar-refractivity contribution in [3.8, 4) is 6.07 Å². The predicted octanol–water partition coefficient (Wildman–Crippen LogP) is 4.43. The molecule has 3 atom stereocenters. The Morgan fingerprint density at radius 3 is 2.43 bits per heavy atom. The average Bonchev–Trinajstić information content (AvgIpc) is 2.86. The van der Waals surface area contributed by atoms with Crippen LogP contribution in [0.2, 0.25) is 0 Å². The molecule has 0 radical (unpaired) electrons. The smallest absolute Gasteiger partial charge is 0.268 e. The SMILES string of the molecule is CC(C)(C)C1CCC(C#N)C(n2ccc(C(F)(F)F)n2)C1. The minimum atomic E-state index is -4.44. The molecule has 0 bridgehead atoms. The third kappa shape index (κ3) is 3.39. The molecule has 1 aliphatic rings. The van der Waals surface area contributed by atoms with Crippen molar-refractivity contribution < 1.29 is 13.2 Å². The number of rotatable bonds is 1. The van der Waals surface area contributed by atoms with Crippen LogP contribution >= 0.6 is 0 Å². The van der Waals surface area contributed by atoms with Crippen molar-refractivity contribution in [1.29, 1.82) is 5.26 Å². The normalized spacial score (nSPS) is 27.4. The van der Waals surface area contributed by atoms with Gasteiger partial charge >= 0.3 is 6.18 Å². The molecule has 1 aromatic heterocycles. The first kappa shape index (κ1) is 15.9. The van der Waals surface area contributed by atoms with E-state index in [-0.39, 0.29) is 17.4 Å². The van der Waals surface area contributed by atoms with E-state index in [1.807, 2.05) is 0 Å². The van der Waals surface area contributed by atoms with Crippen LogP contribution < -0.4 is 0 Å². The van der Waals surface area contributed by atoms with Crippen LogP contribution in [0.1, 0.15) is 51.8 Å². The van der Waals surface area contributed by atoms with Gasteiger partial charge in [0, 0.05) is 6.20 Å². The van der Waals surface area contributed by atoms with E-state index in [1.54, 1.807) is 0 Å². The van der Waals surface area contributed by atoms with E-state index in [9.17, 15) is 18.4 Å². The lowest BCUT2D eigenvalue weighted by Gasteiger charge is -2.39. The maximum Gasteiger partial charge on any atom is 0.435 e. The van der Waals surface area contributed by atoms with E-state index < -0.39 is 11.9 Å². The van der Waals surface area contributed by atoms with Crippen LogP contribution in [-0.2, 0) is 6.18 Å². The molecule has 0 aliphatic heterocycles. The van der Waals surface area contributed by atoms with E-state index in [0.29, 0.717) is 18.8 Å². The zero-order valence-electron chi connectivity index (χ0n) is 12.5. The summed E-state index contributed by atoms with van der Waals surface area (Å²) in [4.78, 5) is 0. The molecule has 1 saturated carbocycles. The summed E-state index contributed by atoms with van der Waals surface area (Å²) in [5, 5.41) is 12.9. The van der Waals surface area contributed by atoms with Crippen LogP contribution in [0.25, 0.3) is 0 Å². The highest BCUT2D eigenvalue weighted by Crippen LogP contribution is 2.44. The second kappa shape index (κ2) is 5.36. The molecule has 2 rings (SSSR count). The Bertz CT molecular complexity index is 534. The van der Waals surface area contributed by atoms with Crippen molar-refractivity contribution in [2.75, 3.05) is 0 Å². The molecule has 1 heterocycles. The van der Waals surface area contributed by atoms with Crippen molar-refractivity contribution in [2.45, 2.75) is 52.3 Å². The molecule has 3 unspecified atom stereocenters. The van der Waals surface area contributed by atoms with Gasteiger partial charge in [0.1, 0.15) is 0 Å². The minimum Gasteiger partial charge on any atom is -0.268 e. The summed E-state index contributed by atoms with van der Waals surface area (Å²) >= 11 is 0. The van der Waals surface area contributed by atoms with Crippen molar-refractivity contribution in [3.05, 3.63) is 18.0 Å². The maximum atomic E-state index is 12.7. The molecule has 21 heavy (non-hydrogen) atoms. The zero-order valence-corrected chi connectivity index (χ0v) is 12.5. The summed E-state index contributed by atoms with van der Waals surface area (Å²) in [6.07, 6.45) is -0.745. The summed E-state index contributed by atoms with van der Waals surface area (Å²) < 4.78 is 39.4. The highest BCUT2D eigenvalue weighted by Gasteiger charge is 2.39.